The number of methoxy groups -OCH3 is 1. The van der Waals surface area contributed by atoms with Gasteiger partial charge in [-0.05, 0) is 30.4 Å². The standard InChI is InChI=1S/C23H32N4O/c1-28-20-14-8-13-19-21(20)26(15-17-9-4-2-5-10-17)23(25)27(22(19)24)16-18-11-6-3-7-12-18/h3,6-8,11-14,17,22-23H,2,4-5,9-10,15-16,24-25H2,1H3. The molecule has 0 amide bonds. The average molecular weight is 381 g/mol. The molecule has 4 rings (SSSR count). The number of rotatable bonds is 5. The Morgan fingerprint density at radius 1 is 0.964 bits per heavy atom. The minimum Gasteiger partial charge on any atom is -0.495 e. The third-order valence-electron chi connectivity index (χ3n) is 6.26. The molecule has 2 unspecified atom stereocenters. The van der Waals surface area contributed by atoms with Crippen LogP contribution in [0.15, 0.2) is 48.5 Å². The Bertz CT molecular complexity index is 775. The molecule has 1 heterocycles. The van der Waals surface area contributed by atoms with Crippen molar-refractivity contribution in [1.82, 2.24) is 4.90 Å². The van der Waals surface area contributed by atoms with E-state index in [2.05, 4.69) is 40.1 Å². The zero-order valence-corrected chi connectivity index (χ0v) is 16.8. The highest BCUT2D eigenvalue weighted by molar-refractivity contribution is 5.66. The van der Waals surface area contributed by atoms with Crippen molar-refractivity contribution >= 4 is 5.69 Å². The molecule has 5 nitrogen and oxygen atoms in total. The Labute approximate surface area is 168 Å². The first kappa shape index (κ1) is 19.2. The quantitative estimate of drug-likeness (QED) is 0.826. The van der Waals surface area contributed by atoms with Gasteiger partial charge in [-0.2, -0.15) is 0 Å². The minimum absolute atomic E-state index is 0.261. The van der Waals surface area contributed by atoms with Gasteiger partial charge < -0.3 is 15.4 Å². The molecule has 0 radical (unpaired) electrons. The Morgan fingerprint density at radius 2 is 1.71 bits per heavy atom. The number of benzene rings is 2. The van der Waals surface area contributed by atoms with Gasteiger partial charge in [0.05, 0.1) is 19.0 Å². The predicted molar refractivity (Wildman–Crippen MR) is 114 cm³/mol. The minimum atomic E-state index is -0.277. The highest BCUT2D eigenvalue weighted by Gasteiger charge is 2.38. The first-order valence-electron chi connectivity index (χ1n) is 10.4. The van der Waals surface area contributed by atoms with Crippen LogP contribution in [0.5, 0.6) is 5.75 Å². The number of anilines is 1. The molecule has 150 valence electrons. The van der Waals surface area contributed by atoms with Crippen LogP contribution in [0.1, 0.15) is 49.4 Å². The Morgan fingerprint density at radius 3 is 2.43 bits per heavy atom. The van der Waals surface area contributed by atoms with Gasteiger partial charge >= 0.3 is 0 Å². The SMILES string of the molecule is COc1cccc2c1N(CC1CCCCC1)C(N)N(Cc1ccccc1)C2N. The van der Waals surface area contributed by atoms with Crippen LogP contribution in [0.3, 0.4) is 0 Å². The van der Waals surface area contributed by atoms with Crippen LogP contribution in [-0.2, 0) is 6.54 Å². The summed E-state index contributed by atoms with van der Waals surface area (Å²) in [5.74, 6) is 1.53. The average Bonchev–Trinajstić information content (AvgIpc) is 2.75. The van der Waals surface area contributed by atoms with Crippen molar-refractivity contribution in [3.05, 3.63) is 59.7 Å². The fourth-order valence-electron chi connectivity index (χ4n) is 4.74. The van der Waals surface area contributed by atoms with E-state index in [1.54, 1.807) is 7.11 Å². The number of nitrogens with zero attached hydrogens (tertiary/aromatic N) is 2. The highest BCUT2D eigenvalue weighted by atomic mass is 16.5. The summed E-state index contributed by atoms with van der Waals surface area (Å²) < 4.78 is 5.71. The summed E-state index contributed by atoms with van der Waals surface area (Å²) in [7, 11) is 1.72. The van der Waals surface area contributed by atoms with Crippen LogP contribution in [0.25, 0.3) is 0 Å². The van der Waals surface area contributed by atoms with Gasteiger partial charge in [-0.15, -0.1) is 0 Å². The van der Waals surface area contributed by atoms with Crippen molar-refractivity contribution in [2.24, 2.45) is 17.4 Å². The summed E-state index contributed by atoms with van der Waals surface area (Å²) in [5, 5.41) is 0. The second kappa shape index (κ2) is 8.52. The van der Waals surface area contributed by atoms with Gasteiger partial charge in [0.25, 0.3) is 0 Å². The molecule has 0 spiro atoms. The molecule has 2 aromatic rings. The summed E-state index contributed by atoms with van der Waals surface area (Å²) in [6, 6.07) is 16.6. The number of ether oxygens (including phenoxy) is 1. The maximum Gasteiger partial charge on any atom is 0.142 e. The second-order valence-corrected chi connectivity index (χ2v) is 8.07. The molecular formula is C23H32N4O. The third kappa shape index (κ3) is 3.75. The molecular weight excluding hydrogens is 348 g/mol. The fraction of sp³-hybridized carbons (Fsp3) is 0.478. The molecule has 2 aliphatic rings. The van der Waals surface area contributed by atoms with E-state index in [9.17, 15) is 0 Å². The highest BCUT2D eigenvalue weighted by Crippen LogP contribution is 2.43. The molecule has 0 bridgehead atoms. The number of para-hydroxylation sites is 1. The largest absolute Gasteiger partial charge is 0.495 e. The van der Waals surface area contributed by atoms with E-state index in [1.165, 1.54) is 37.7 Å². The lowest BCUT2D eigenvalue weighted by molar-refractivity contribution is 0.108. The molecule has 1 saturated carbocycles. The summed E-state index contributed by atoms with van der Waals surface area (Å²) in [5.41, 5.74) is 16.9. The van der Waals surface area contributed by atoms with Gasteiger partial charge in [-0.25, -0.2) is 4.90 Å². The maximum atomic E-state index is 6.83. The molecule has 1 aliphatic heterocycles. The van der Waals surface area contributed by atoms with Crippen molar-refractivity contribution in [1.29, 1.82) is 0 Å². The lowest BCUT2D eigenvalue weighted by Crippen LogP contribution is -2.61. The van der Waals surface area contributed by atoms with E-state index in [0.29, 0.717) is 5.92 Å². The Hall–Kier alpha value is -2.08. The fourth-order valence-corrected chi connectivity index (χ4v) is 4.74. The number of fused-ring (bicyclic) bond motifs is 1. The molecule has 1 aliphatic carbocycles. The summed E-state index contributed by atoms with van der Waals surface area (Å²) in [6.45, 7) is 1.67. The van der Waals surface area contributed by atoms with E-state index < -0.39 is 0 Å². The van der Waals surface area contributed by atoms with E-state index in [4.69, 9.17) is 16.2 Å². The van der Waals surface area contributed by atoms with Gasteiger partial charge in [0.15, 0.2) is 0 Å². The molecule has 4 N–H and O–H groups in total. The van der Waals surface area contributed by atoms with Crippen LogP contribution in [0.2, 0.25) is 0 Å². The normalized spacial score (nSPS) is 23.5. The van der Waals surface area contributed by atoms with Gasteiger partial charge in [0.2, 0.25) is 0 Å². The van der Waals surface area contributed by atoms with Crippen molar-refractivity contribution < 1.29 is 4.74 Å². The van der Waals surface area contributed by atoms with Crippen LogP contribution in [-0.4, -0.2) is 24.8 Å². The van der Waals surface area contributed by atoms with Gasteiger partial charge in [-0.3, -0.25) is 5.73 Å². The molecule has 0 aromatic heterocycles. The topological polar surface area (TPSA) is 67.8 Å². The lowest BCUT2D eigenvalue weighted by Gasteiger charge is -2.48. The predicted octanol–water partition coefficient (Wildman–Crippen LogP) is 3.80. The van der Waals surface area contributed by atoms with Crippen molar-refractivity contribution in [3.8, 4) is 5.75 Å². The van der Waals surface area contributed by atoms with Crippen LogP contribution in [0, 0.1) is 5.92 Å². The summed E-state index contributed by atoms with van der Waals surface area (Å²) in [6.07, 6.45) is 6.01. The van der Waals surface area contributed by atoms with Crippen molar-refractivity contribution in [3.63, 3.8) is 0 Å². The first-order valence-corrected chi connectivity index (χ1v) is 10.4. The molecule has 1 fully saturated rings. The number of nitrogens with two attached hydrogens (primary N) is 2. The van der Waals surface area contributed by atoms with E-state index in [1.807, 2.05) is 18.2 Å². The zero-order chi connectivity index (χ0) is 19.5. The van der Waals surface area contributed by atoms with Gasteiger partial charge in [0, 0.05) is 18.7 Å². The van der Waals surface area contributed by atoms with Crippen LogP contribution >= 0.6 is 0 Å². The van der Waals surface area contributed by atoms with Crippen molar-refractivity contribution in [2.45, 2.75) is 51.1 Å². The second-order valence-electron chi connectivity index (χ2n) is 8.07. The third-order valence-corrected chi connectivity index (χ3v) is 6.26. The maximum absolute atomic E-state index is 6.83. The van der Waals surface area contributed by atoms with E-state index in [-0.39, 0.29) is 12.5 Å². The van der Waals surface area contributed by atoms with E-state index in [0.717, 1.165) is 30.1 Å². The van der Waals surface area contributed by atoms with Gasteiger partial charge in [-0.1, -0.05) is 61.7 Å². The molecule has 5 heteroatoms. The smallest absolute Gasteiger partial charge is 0.142 e. The lowest BCUT2D eigenvalue weighted by atomic mass is 9.88. The Kier molecular flexibility index (Phi) is 5.85. The van der Waals surface area contributed by atoms with Crippen LogP contribution in [0.4, 0.5) is 5.69 Å². The summed E-state index contributed by atoms with van der Waals surface area (Å²) >= 11 is 0. The number of hydrogen-bond donors (Lipinski definition) is 2. The molecule has 28 heavy (non-hydrogen) atoms. The van der Waals surface area contributed by atoms with Crippen molar-refractivity contribution in [2.75, 3.05) is 18.6 Å². The summed E-state index contributed by atoms with van der Waals surface area (Å²) in [4.78, 5) is 4.52. The van der Waals surface area contributed by atoms with E-state index >= 15 is 0 Å². The Balaban J connectivity index is 1.69. The monoisotopic (exact) mass is 380 g/mol. The molecule has 2 aromatic carbocycles. The first-order chi connectivity index (χ1) is 13.7. The molecule has 2 atom stereocenters. The molecule has 0 saturated heterocycles. The van der Waals surface area contributed by atoms with Crippen LogP contribution < -0.4 is 21.1 Å². The number of hydrogen-bond acceptors (Lipinski definition) is 5. The zero-order valence-electron chi connectivity index (χ0n) is 16.8. The van der Waals surface area contributed by atoms with Gasteiger partial charge in [0.1, 0.15) is 12.0 Å².